The van der Waals surface area contributed by atoms with Crippen LogP contribution < -0.4 is 0 Å². The first-order valence-electron chi connectivity index (χ1n) is 4.26. The monoisotopic (exact) mass is 245 g/mol. The number of hydrogen-bond donors (Lipinski definition) is 0. The van der Waals surface area contributed by atoms with E-state index in [9.17, 15) is 13.2 Å². The van der Waals surface area contributed by atoms with Crippen LogP contribution in [0.25, 0.3) is 5.82 Å². The van der Waals surface area contributed by atoms with Crippen molar-refractivity contribution in [3.05, 3.63) is 47.4 Å². The molecule has 0 N–H and O–H groups in total. The molecule has 0 aromatic carbocycles. The molecule has 83 valence electrons. The minimum Gasteiger partial charge on any atom is -0.298 e. The van der Waals surface area contributed by atoms with Gasteiger partial charge in [0.05, 0.1) is 16.8 Å². The summed E-state index contributed by atoms with van der Waals surface area (Å²) < 4.78 is 38.1. The normalized spacial score (nSPS) is 11.8. The summed E-state index contributed by atoms with van der Waals surface area (Å²) in [5.41, 5.74) is -0.783. The van der Waals surface area contributed by atoms with Crippen molar-refractivity contribution in [3.63, 3.8) is 0 Å². The van der Waals surface area contributed by atoms with E-state index in [2.05, 4.69) is 11.2 Å². The topological polar surface area (TPSA) is 17.8 Å². The number of alkyl halides is 3. The predicted molar refractivity (Wildman–Crippen MR) is 52.4 cm³/mol. The van der Waals surface area contributed by atoms with Gasteiger partial charge in [-0.1, -0.05) is 11.6 Å². The SMILES string of the molecule is FC(F)(F)c1c[c]n(-c2ncccc2Cl)c1. The quantitative estimate of drug-likeness (QED) is 0.753. The molecule has 1 radical (unpaired) electrons. The van der Waals surface area contributed by atoms with E-state index in [-0.39, 0.29) is 10.8 Å². The van der Waals surface area contributed by atoms with Crippen LogP contribution in [-0.2, 0) is 6.18 Å². The molecule has 0 aliphatic rings. The van der Waals surface area contributed by atoms with E-state index in [1.54, 1.807) is 12.1 Å². The molecule has 2 heterocycles. The van der Waals surface area contributed by atoms with E-state index in [0.717, 1.165) is 16.8 Å². The number of hydrogen-bond acceptors (Lipinski definition) is 1. The smallest absolute Gasteiger partial charge is 0.298 e. The number of pyridine rings is 1. The Bertz CT molecular complexity index is 505. The summed E-state index contributed by atoms with van der Waals surface area (Å²) in [5, 5.41) is 0.267. The fraction of sp³-hybridized carbons (Fsp3) is 0.100. The van der Waals surface area contributed by atoms with Crippen LogP contribution in [0.5, 0.6) is 0 Å². The van der Waals surface area contributed by atoms with Crippen LogP contribution in [0.4, 0.5) is 13.2 Å². The van der Waals surface area contributed by atoms with E-state index in [1.165, 1.54) is 6.20 Å². The molecule has 0 bridgehead atoms. The maximum Gasteiger partial charge on any atom is 0.417 e. The highest BCUT2D eigenvalue weighted by molar-refractivity contribution is 6.32. The first-order valence-corrected chi connectivity index (χ1v) is 4.64. The molecule has 0 spiro atoms. The Hall–Kier alpha value is -1.49. The molecule has 2 rings (SSSR count). The fourth-order valence-corrected chi connectivity index (χ4v) is 1.40. The molecule has 2 nitrogen and oxygen atoms in total. The zero-order valence-corrected chi connectivity index (χ0v) is 8.55. The molecule has 0 atom stereocenters. The molecule has 0 amide bonds. The number of halogens is 4. The van der Waals surface area contributed by atoms with Crippen molar-refractivity contribution in [1.82, 2.24) is 9.55 Å². The van der Waals surface area contributed by atoms with E-state index in [1.807, 2.05) is 0 Å². The first-order chi connectivity index (χ1) is 7.48. The van der Waals surface area contributed by atoms with Crippen LogP contribution >= 0.6 is 11.6 Å². The Balaban J connectivity index is 2.44. The van der Waals surface area contributed by atoms with Gasteiger partial charge in [0.1, 0.15) is 0 Å². The van der Waals surface area contributed by atoms with Crippen molar-refractivity contribution in [2.75, 3.05) is 0 Å². The Morgan fingerprint density at radius 1 is 1.38 bits per heavy atom. The second kappa shape index (κ2) is 3.83. The Morgan fingerprint density at radius 3 is 2.69 bits per heavy atom. The molecule has 16 heavy (non-hydrogen) atoms. The lowest BCUT2D eigenvalue weighted by molar-refractivity contribution is -0.137. The van der Waals surface area contributed by atoms with Crippen molar-refractivity contribution in [3.8, 4) is 5.82 Å². The van der Waals surface area contributed by atoms with E-state index < -0.39 is 11.7 Å². The predicted octanol–water partition coefficient (Wildman–Crippen LogP) is 3.34. The Labute approximate surface area is 94.3 Å². The summed E-state index contributed by atoms with van der Waals surface area (Å²) >= 11 is 5.80. The third-order valence-electron chi connectivity index (χ3n) is 1.92. The molecule has 2 aromatic rings. The zero-order valence-electron chi connectivity index (χ0n) is 7.79. The third kappa shape index (κ3) is 2.04. The van der Waals surface area contributed by atoms with Crippen LogP contribution in [0.2, 0.25) is 5.02 Å². The van der Waals surface area contributed by atoms with Crippen LogP contribution in [0.3, 0.4) is 0 Å². The van der Waals surface area contributed by atoms with Gasteiger partial charge < -0.3 is 0 Å². The molecule has 6 heteroatoms. The molecule has 0 saturated carbocycles. The van der Waals surface area contributed by atoms with Crippen LogP contribution in [0, 0.1) is 6.20 Å². The standard InChI is InChI=1S/C10H5ClF3N2/c11-8-2-1-4-15-9(8)16-5-3-7(6-16)10(12,13)14/h1-4,6H. The minimum absolute atomic E-state index is 0.222. The lowest BCUT2D eigenvalue weighted by Gasteiger charge is -2.04. The lowest BCUT2D eigenvalue weighted by Crippen LogP contribution is -2.03. The Morgan fingerprint density at radius 2 is 2.12 bits per heavy atom. The molecule has 0 unspecified atom stereocenters. The second-order valence-corrected chi connectivity index (χ2v) is 3.44. The average molecular weight is 246 g/mol. The van der Waals surface area contributed by atoms with Crippen LogP contribution in [-0.4, -0.2) is 9.55 Å². The number of rotatable bonds is 1. The highest BCUT2D eigenvalue weighted by Crippen LogP contribution is 2.30. The summed E-state index contributed by atoms with van der Waals surface area (Å²) in [7, 11) is 0. The van der Waals surface area contributed by atoms with Crippen LogP contribution in [0.15, 0.2) is 30.6 Å². The zero-order chi connectivity index (χ0) is 11.8. The van der Waals surface area contributed by atoms with Gasteiger partial charge in [-0.05, 0) is 18.2 Å². The summed E-state index contributed by atoms with van der Waals surface area (Å²) in [6.45, 7) is 0. The number of nitrogens with zero attached hydrogens (tertiary/aromatic N) is 2. The van der Waals surface area contributed by atoms with Crippen molar-refractivity contribution in [2.45, 2.75) is 6.18 Å². The van der Waals surface area contributed by atoms with E-state index in [0.29, 0.717) is 0 Å². The molecule has 2 aromatic heterocycles. The molecule has 0 saturated heterocycles. The summed E-state index contributed by atoms with van der Waals surface area (Å²) in [6.07, 6.45) is 0.377. The van der Waals surface area contributed by atoms with Crippen molar-refractivity contribution >= 4 is 11.6 Å². The maximum absolute atomic E-state index is 12.3. The highest BCUT2D eigenvalue weighted by Gasteiger charge is 2.31. The summed E-state index contributed by atoms with van der Waals surface area (Å²) in [6, 6.07) is 4.00. The van der Waals surface area contributed by atoms with Gasteiger partial charge in [0.2, 0.25) is 0 Å². The Kier molecular flexibility index (Phi) is 2.63. The fourth-order valence-electron chi connectivity index (χ4n) is 1.18. The van der Waals surface area contributed by atoms with Gasteiger partial charge in [0, 0.05) is 12.4 Å². The lowest BCUT2D eigenvalue weighted by atomic mass is 10.3. The van der Waals surface area contributed by atoms with Gasteiger partial charge >= 0.3 is 6.18 Å². The largest absolute Gasteiger partial charge is 0.417 e. The summed E-state index contributed by atoms with van der Waals surface area (Å²) in [4.78, 5) is 3.88. The highest BCUT2D eigenvalue weighted by atomic mass is 35.5. The van der Waals surface area contributed by atoms with E-state index >= 15 is 0 Å². The van der Waals surface area contributed by atoms with Gasteiger partial charge in [-0.15, -0.1) is 0 Å². The molecule has 0 aliphatic heterocycles. The maximum atomic E-state index is 12.3. The van der Waals surface area contributed by atoms with Crippen LogP contribution in [0.1, 0.15) is 5.56 Å². The van der Waals surface area contributed by atoms with Gasteiger partial charge in [-0.2, -0.15) is 13.2 Å². The van der Waals surface area contributed by atoms with Gasteiger partial charge in [-0.3, -0.25) is 4.57 Å². The van der Waals surface area contributed by atoms with Gasteiger partial charge in [-0.25, -0.2) is 4.98 Å². The van der Waals surface area contributed by atoms with E-state index in [4.69, 9.17) is 11.6 Å². The molecular weight excluding hydrogens is 241 g/mol. The average Bonchev–Trinajstić information content (AvgIpc) is 2.66. The molecular formula is C10H5ClF3N2. The first kappa shape index (κ1) is 11.0. The molecule has 0 fully saturated rings. The minimum atomic E-state index is -4.39. The second-order valence-electron chi connectivity index (χ2n) is 3.03. The van der Waals surface area contributed by atoms with Crippen molar-refractivity contribution < 1.29 is 13.2 Å². The van der Waals surface area contributed by atoms with Crippen molar-refractivity contribution in [1.29, 1.82) is 0 Å². The van der Waals surface area contributed by atoms with Crippen molar-refractivity contribution in [2.24, 2.45) is 0 Å². The van der Waals surface area contributed by atoms with Gasteiger partial charge in [0.15, 0.2) is 5.82 Å². The van der Waals surface area contributed by atoms with Gasteiger partial charge in [0.25, 0.3) is 0 Å². The third-order valence-corrected chi connectivity index (χ3v) is 2.22. The molecule has 0 aliphatic carbocycles. The summed E-state index contributed by atoms with van der Waals surface area (Å²) in [5.74, 6) is 0.222. The number of aromatic nitrogens is 2.